The molecule has 3 rings (SSSR count). The zero-order valence-electron chi connectivity index (χ0n) is 10.1. The number of hydrogen-bond donors (Lipinski definition) is 0. The predicted octanol–water partition coefficient (Wildman–Crippen LogP) is 4.07. The van der Waals surface area contributed by atoms with E-state index < -0.39 is 0 Å². The first-order valence-corrected chi connectivity index (χ1v) is 6.41. The van der Waals surface area contributed by atoms with Crippen LogP contribution in [0.15, 0.2) is 48.7 Å². The Morgan fingerprint density at radius 3 is 2.83 bits per heavy atom. The van der Waals surface area contributed by atoms with Gasteiger partial charge in [0, 0.05) is 11.3 Å². The summed E-state index contributed by atoms with van der Waals surface area (Å²) in [4.78, 5) is 0. The summed E-state index contributed by atoms with van der Waals surface area (Å²) in [5, 5.41) is 5.60. The highest BCUT2D eigenvalue weighted by atomic mass is 35.5. The molecule has 0 aliphatic heterocycles. The molecule has 0 fully saturated rings. The monoisotopic (exact) mass is 256 g/mol. The number of aryl methyl sites for hydroxylation is 1. The summed E-state index contributed by atoms with van der Waals surface area (Å²) >= 11 is 6.03. The number of alkyl halides is 1. The molecule has 3 aromatic rings. The van der Waals surface area contributed by atoms with Crippen molar-refractivity contribution in [2.24, 2.45) is 0 Å². The molecular formula is C15H13ClN2. The fourth-order valence-corrected chi connectivity index (χ4v) is 2.41. The Kier molecular flexibility index (Phi) is 2.80. The topological polar surface area (TPSA) is 17.8 Å². The van der Waals surface area contributed by atoms with Crippen LogP contribution in [0.2, 0.25) is 0 Å². The minimum Gasteiger partial charge on any atom is -0.233 e. The minimum absolute atomic E-state index is 0.491. The van der Waals surface area contributed by atoms with E-state index in [-0.39, 0.29) is 0 Å². The largest absolute Gasteiger partial charge is 0.233 e. The van der Waals surface area contributed by atoms with E-state index in [9.17, 15) is 0 Å². The van der Waals surface area contributed by atoms with Crippen LogP contribution < -0.4 is 0 Å². The average Bonchev–Trinajstić information content (AvgIpc) is 2.82. The van der Waals surface area contributed by atoms with E-state index in [0.29, 0.717) is 5.88 Å². The van der Waals surface area contributed by atoms with Crippen LogP contribution in [0.4, 0.5) is 0 Å². The number of aromatic nitrogens is 2. The van der Waals surface area contributed by atoms with Gasteiger partial charge in [-0.2, -0.15) is 5.10 Å². The van der Waals surface area contributed by atoms with Crippen molar-refractivity contribution in [3.05, 3.63) is 59.8 Å². The van der Waals surface area contributed by atoms with E-state index in [4.69, 9.17) is 11.6 Å². The Hall–Kier alpha value is -1.80. The van der Waals surface area contributed by atoms with Crippen molar-refractivity contribution in [1.82, 2.24) is 9.78 Å². The molecule has 1 aromatic heterocycles. The third kappa shape index (κ3) is 1.79. The Labute approximate surface area is 111 Å². The predicted molar refractivity (Wildman–Crippen MR) is 75.4 cm³/mol. The van der Waals surface area contributed by atoms with Crippen LogP contribution in [-0.2, 0) is 5.88 Å². The molecule has 0 aliphatic carbocycles. The minimum atomic E-state index is 0.491. The van der Waals surface area contributed by atoms with Gasteiger partial charge in [-0.25, -0.2) is 4.68 Å². The average molecular weight is 257 g/mol. The molecule has 2 nitrogen and oxygen atoms in total. The van der Waals surface area contributed by atoms with Crippen molar-refractivity contribution in [3.63, 3.8) is 0 Å². The molecule has 2 aromatic carbocycles. The van der Waals surface area contributed by atoms with Crippen LogP contribution in [-0.4, -0.2) is 9.78 Å². The quantitative estimate of drug-likeness (QED) is 0.632. The van der Waals surface area contributed by atoms with E-state index in [1.807, 2.05) is 23.0 Å². The summed E-state index contributed by atoms with van der Waals surface area (Å²) in [5.41, 5.74) is 4.47. The Bertz CT molecular complexity index is 701. The van der Waals surface area contributed by atoms with Gasteiger partial charge in [0.1, 0.15) is 0 Å². The van der Waals surface area contributed by atoms with Crippen LogP contribution >= 0.6 is 11.6 Å². The SMILES string of the molecule is Cc1ccc(-n2ncc3ccccc32)c(CCl)c1. The molecule has 0 bridgehead atoms. The zero-order chi connectivity index (χ0) is 12.5. The normalized spacial score (nSPS) is 11.0. The summed E-state index contributed by atoms with van der Waals surface area (Å²) in [7, 11) is 0. The molecule has 0 amide bonds. The molecule has 0 N–H and O–H groups in total. The third-order valence-corrected chi connectivity index (χ3v) is 3.37. The number of para-hydroxylation sites is 1. The van der Waals surface area contributed by atoms with E-state index in [1.54, 1.807) is 0 Å². The van der Waals surface area contributed by atoms with Crippen LogP contribution in [0.3, 0.4) is 0 Å². The molecule has 18 heavy (non-hydrogen) atoms. The van der Waals surface area contributed by atoms with Gasteiger partial charge in [0.25, 0.3) is 0 Å². The number of nitrogens with zero attached hydrogens (tertiary/aromatic N) is 2. The van der Waals surface area contributed by atoms with Crippen molar-refractivity contribution in [1.29, 1.82) is 0 Å². The number of halogens is 1. The molecule has 3 heteroatoms. The number of hydrogen-bond acceptors (Lipinski definition) is 1. The Morgan fingerprint density at radius 2 is 2.00 bits per heavy atom. The van der Waals surface area contributed by atoms with Crippen LogP contribution in [0.5, 0.6) is 0 Å². The van der Waals surface area contributed by atoms with Gasteiger partial charge in [0.05, 0.1) is 17.4 Å². The smallest absolute Gasteiger partial charge is 0.0741 e. The molecule has 0 atom stereocenters. The summed E-state index contributed by atoms with van der Waals surface area (Å²) in [6, 6.07) is 14.4. The molecule has 0 aliphatic rings. The highest BCUT2D eigenvalue weighted by Crippen LogP contribution is 2.22. The van der Waals surface area contributed by atoms with E-state index in [0.717, 1.165) is 22.2 Å². The Balaban J connectivity index is 2.26. The van der Waals surface area contributed by atoms with Crippen molar-refractivity contribution < 1.29 is 0 Å². The summed E-state index contributed by atoms with van der Waals surface area (Å²) in [5.74, 6) is 0.491. The molecule has 0 saturated carbocycles. The van der Waals surface area contributed by atoms with Gasteiger partial charge in [-0.1, -0.05) is 35.9 Å². The lowest BCUT2D eigenvalue weighted by molar-refractivity contribution is 0.899. The lowest BCUT2D eigenvalue weighted by Gasteiger charge is -2.09. The van der Waals surface area contributed by atoms with Gasteiger partial charge < -0.3 is 0 Å². The highest BCUT2D eigenvalue weighted by Gasteiger charge is 2.08. The van der Waals surface area contributed by atoms with Gasteiger partial charge in [-0.3, -0.25) is 0 Å². The first-order chi connectivity index (χ1) is 8.79. The zero-order valence-corrected chi connectivity index (χ0v) is 10.9. The van der Waals surface area contributed by atoms with Crippen molar-refractivity contribution in [2.45, 2.75) is 12.8 Å². The van der Waals surface area contributed by atoms with Gasteiger partial charge in [-0.15, -0.1) is 11.6 Å². The fourth-order valence-electron chi connectivity index (χ4n) is 2.19. The third-order valence-electron chi connectivity index (χ3n) is 3.08. The standard InChI is InChI=1S/C15H13ClN2/c1-11-6-7-15(13(8-11)9-16)18-14-5-3-2-4-12(14)10-17-18/h2-8,10H,9H2,1H3. The molecule has 0 unspecified atom stereocenters. The summed E-state index contributed by atoms with van der Waals surface area (Å²) in [6.45, 7) is 2.07. The lowest BCUT2D eigenvalue weighted by Crippen LogP contribution is -2.00. The van der Waals surface area contributed by atoms with Gasteiger partial charge in [-0.05, 0) is 24.6 Å². The number of fused-ring (bicyclic) bond motifs is 1. The second kappa shape index (κ2) is 4.46. The summed E-state index contributed by atoms with van der Waals surface area (Å²) in [6.07, 6.45) is 1.88. The molecule has 90 valence electrons. The van der Waals surface area contributed by atoms with Crippen molar-refractivity contribution >= 4 is 22.5 Å². The molecule has 0 spiro atoms. The Morgan fingerprint density at radius 1 is 1.17 bits per heavy atom. The first kappa shape index (κ1) is 11.3. The second-order valence-electron chi connectivity index (χ2n) is 4.38. The maximum absolute atomic E-state index is 6.03. The lowest BCUT2D eigenvalue weighted by atomic mass is 10.1. The van der Waals surface area contributed by atoms with Gasteiger partial charge in [0.15, 0.2) is 0 Å². The van der Waals surface area contributed by atoms with Crippen LogP contribution in [0, 0.1) is 6.92 Å². The second-order valence-corrected chi connectivity index (χ2v) is 4.65. The maximum Gasteiger partial charge on any atom is 0.0741 e. The van der Waals surface area contributed by atoms with Gasteiger partial charge in [0.2, 0.25) is 0 Å². The number of rotatable bonds is 2. The first-order valence-electron chi connectivity index (χ1n) is 5.88. The molecular weight excluding hydrogens is 244 g/mol. The van der Waals surface area contributed by atoms with E-state index in [2.05, 4.69) is 42.4 Å². The molecule has 0 radical (unpaired) electrons. The highest BCUT2D eigenvalue weighted by molar-refractivity contribution is 6.17. The maximum atomic E-state index is 6.03. The molecule has 0 saturated heterocycles. The summed E-state index contributed by atoms with van der Waals surface area (Å²) < 4.78 is 1.95. The van der Waals surface area contributed by atoms with Crippen molar-refractivity contribution in [2.75, 3.05) is 0 Å². The van der Waals surface area contributed by atoms with Crippen molar-refractivity contribution in [3.8, 4) is 5.69 Å². The van der Waals surface area contributed by atoms with E-state index >= 15 is 0 Å². The number of benzene rings is 2. The van der Waals surface area contributed by atoms with E-state index in [1.165, 1.54) is 5.56 Å². The fraction of sp³-hybridized carbons (Fsp3) is 0.133. The van der Waals surface area contributed by atoms with Gasteiger partial charge >= 0.3 is 0 Å². The van der Waals surface area contributed by atoms with Crippen LogP contribution in [0.25, 0.3) is 16.6 Å². The van der Waals surface area contributed by atoms with Crippen LogP contribution in [0.1, 0.15) is 11.1 Å². The molecule has 1 heterocycles.